The number of carbonyl (C=O) groups excluding carboxylic acids is 1. The summed E-state index contributed by atoms with van der Waals surface area (Å²) in [5.74, 6) is 1.27. The lowest BCUT2D eigenvalue weighted by molar-refractivity contribution is 0.103. The van der Waals surface area contributed by atoms with E-state index >= 15 is 0 Å². The summed E-state index contributed by atoms with van der Waals surface area (Å²) in [4.78, 5) is 12.7. The summed E-state index contributed by atoms with van der Waals surface area (Å²) < 4.78 is 10.9. The van der Waals surface area contributed by atoms with E-state index < -0.39 is 0 Å². The predicted octanol–water partition coefficient (Wildman–Crippen LogP) is 3.90. The van der Waals surface area contributed by atoms with Crippen molar-refractivity contribution in [1.29, 1.82) is 0 Å². The van der Waals surface area contributed by atoms with Gasteiger partial charge in [-0.25, -0.2) is 0 Å². The lowest BCUT2D eigenvalue weighted by Crippen LogP contribution is -2.05. The largest absolute Gasteiger partial charge is 0.496 e. The maximum Gasteiger partial charge on any atom is 0.196 e. The summed E-state index contributed by atoms with van der Waals surface area (Å²) in [5.41, 5.74) is 2.21. The predicted molar refractivity (Wildman–Crippen MR) is 81.7 cm³/mol. The fraction of sp³-hybridized carbons (Fsp3) is 0.235. The van der Waals surface area contributed by atoms with Crippen LogP contribution in [0.1, 0.15) is 28.4 Å². The topological polar surface area (TPSA) is 35.5 Å². The summed E-state index contributed by atoms with van der Waals surface area (Å²) in [6.45, 7) is 2.02. The molecule has 1 unspecified atom stereocenters. The molecule has 0 radical (unpaired) electrons. The number of benzene rings is 2. The number of rotatable bonds is 3. The number of ketones is 1. The lowest BCUT2D eigenvalue weighted by atomic mass is 9.99. The molecule has 2 aromatic rings. The van der Waals surface area contributed by atoms with Crippen LogP contribution in [0.25, 0.3) is 0 Å². The Kier molecular flexibility index (Phi) is 3.60. The first-order chi connectivity index (χ1) is 10.1. The molecular weight excluding hydrogens is 288 g/mol. The van der Waals surface area contributed by atoms with Crippen LogP contribution in [-0.4, -0.2) is 19.0 Å². The highest BCUT2D eigenvalue weighted by atomic mass is 35.5. The van der Waals surface area contributed by atoms with E-state index in [0.29, 0.717) is 21.9 Å². The highest BCUT2D eigenvalue weighted by Gasteiger charge is 2.22. The van der Waals surface area contributed by atoms with Crippen molar-refractivity contribution >= 4 is 17.4 Å². The van der Waals surface area contributed by atoms with E-state index in [2.05, 4.69) is 0 Å². The van der Waals surface area contributed by atoms with Gasteiger partial charge in [0.25, 0.3) is 0 Å². The average molecular weight is 303 g/mol. The lowest BCUT2D eigenvalue weighted by Gasteiger charge is -2.09. The highest BCUT2D eigenvalue weighted by Crippen LogP contribution is 2.31. The monoisotopic (exact) mass is 302 g/mol. The van der Waals surface area contributed by atoms with Gasteiger partial charge in [-0.3, -0.25) is 4.79 Å². The number of methoxy groups -OCH3 is 1. The Morgan fingerprint density at radius 1 is 1.29 bits per heavy atom. The van der Waals surface area contributed by atoms with Crippen molar-refractivity contribution < 1.29 is 14.3 Å². The van der Waals surface area contributed by atoms with Gasteiger partial charge < -0.3 is 9.47 Å². The molecule has 1 heterocycles. The van der Waals surface area contributed by atoms with Crippen LogP contribution in [0.5, 0.6) is 11.5 Å². The van der Waals surface area contributed by atoms with Crippen LogP contribution < -0.4 is 9.47 Å². The number of carbonyl (C=O) groups is 1. The standard InChI is InChI=1S/C17H15ClO3/c1-10-7-12-8-11(3-6-15(12)21-10)17(19)14-5-4-13(18)9-16(14)20-2/h3-6,8-10H,7H2,1-2H3. The molecule has 0 aliphatic carbocycles. The third-order valence-electron chi connectivity index (χ3n) is 3.57. The maximum atomic E-state index is 12.7. The SMILES string of the molecule is COc1cc(Cl)ccc1C(=O)c1ccc2c(c1)CC(C)O2. The van der Waals surface area contributed by atoms with E-state index in [9.17, 15) is 4.79 Å². The quantitative estimate of drug-likeness (QED) is 0.807. The van der Waals surface area contributed by atoms with Gasteiger partial charge in [0.1, 0.15) is 17.6 Å². The van der Waals surface area contributed by atoms with Crippen LogP contribution in [0.2, 0.25) is 5.02 Å². The molecule has 21 heavy (non-hydrogen) atoms. The molecular formula is C17H15ClO3. The minimum absolute atomic E-state index is 0.0779. The van der Waals surface area contributed by atoms with Crippen LogP contribution in [0.4, 0.5) is 0 Å². The number of hydrogen-bond acceptors (Lipinski definition) is 3. The van der Waals surface area contributed by atoms with Crippen molar-refractivity contribution in [3.63, 3.8) is 0 Å². The summed E-state index contributed by atoms with van der Waals surface area (Å²) in [6, 6.07) is 10.6. The van der Waals surface area contributed by atoms with Gasteiger partial charge in [-0.1, -0.05) is 11.6 Å². The number of halogens is 1. The van der Waals surface area contributed by atoms with Gasteiger partial charge in [-0.15, -0.1) is 0 Å². The van der Waals surface area contributed by atoms with Crippen LogP contribution in [0.3, 0.4) is 0 Å². The van der Waals surface area contributed by atoms with Crippen molar-refractivity contribution in [3.05, 3.63) is 58.1 Å². The summed E-state index contributed by atoms with van der Waals surface area (Å²) in [7, 11) is 1.53. The van der Waals surface area contributed by atoms with E-state index in [1.807, 2.05) is 19.1 Å². The first-order valence-electron chi connectivity index (χ1n) is 6.76. The normalized spacial score (nSPS) is 16.2. The molecule has 108 valence electrons. The van der Waals surface area contributed by atoms with E-state index in [1.165, 1.54) is 7.11 Å². The number of ether oxygens (including phenoxy) is 2. The average Bonchev–Trinajstić information content (AvgIpc) is 2.85. The molecule has 1 aliphatic heterocycles. The molecule has 0 N–H and O–H groups in total. The van der Waals surface area contributed by atoms with Gasteiger partial charge >= 0.3 is 0 Å². The molecule has 3 nitrogen and oxygen atoms in total. The molecule has 0 bridgehead atoms. The second-order valence-corrected chi connectivity index (χ2v) is 5.57. The molecule has 0 aromatic heterocycles. The Balaban J connectivity index is 1.98. The molecule has 0 amide bonds. The Labute approximate surface area is 128 Å². The highest BCUT2D eigenvalue weighted by molar-refractivity contribution is 6.31. The number of fused-ring (bicyclic) bond motifs is 1. The van der Waals surface area contributed by atoms with Crippen molar-refractivity contribution in [2.24, 2.45) is 0 Å². The molecule has 2 aromatic carbocycles. The third kappa shape index (κ3) is 2.61. The molecule has 0 spiro atoms. The van der Waals surface area contributed by atoms with Crippen LogP contribution in [0.15, 0.2) is 36.4 Å². The van der Waals surface area contributed by atoms with E-state index in [1.54, 1.807) is 24.3 Å². The van der Waals surface area contributed by atoms with Crippen molar-refractivity contribution in [2.75, 3.05) is 7.11 Å². The minimum atomic E-state index is -0.0779. The first kappa shape index (κ1) is 14.0. The Morgan fingerprint density at radius 2 is 2.10 bits per heavy atom. The molecule has 0 saturated heterocycles. The fourth-order valence-electron chi connectivity index (χ4n) is 2.57. The Hall–Kier alpha value is -2.00. The van der Waals surface area contributed by atoms with Gasteiger partial charge in [0, 0.05) is 17.0 Å². The number of hydrogen-bond donors (Lipinski definition) is 0. The van der Waals surface area contributed by atoms with Crippen molar-refractivity contribution in [2.45, 2.75) is 19.4 Å². The molecule has 1 atom stereocenters. The van der Waals surface area contributed by atoms with E-state index in [-0.39, 0.29) is 11.9 Å². The molecule has 0 saturated carbocycles. The zero-order valence-corrected chi connectivity index (χ0v) is 12.6. The minimum Gasteiger partial charge on any atom is -0.496 e. The second kappa shape index (κ2) is 5.41. The zero-order valence-electron chi connectivity index (χ0n) is 11.9. The van der Waals surface area contributed by atoms with Gasteiger partial charge in [-0.05, 0) is 48.9 Å². The first-order valence-corrected chi connectivity index (χ1v) is 7.14. The Morgan fingerprint density at radius 3 is 2.86 bits per heavy atom. The van der Waals surface area contributed by atoms with E-state index in [0.717, 1.165) is 17.7 Å². The zero-order chi connectivity index (χ0) is 15.0. The fourth-order valence-corrected chi connectivity index (χ4v) is 2.73. The van der Waals surface area contributed by atoms with Crippen LogP contribution in [0, 0.1) is 0 Å². The van der Waals surface area contributed by atoms with Gasteiger partial charge in [0.05, 0.1) is 12.7 Å². The van der Waals surface area contributed by atoms with Gasteiger partial charge in [-0.2, -0.15) is 0 Å². The molecule has 4 heteroatoms. The summed E-state index contributed by atoms with van der Waals surface area (Å²) >= 11 is 5.93. The summed E-state index contributed by atoms with van der Waals surface area (Å²) in [5, 5.41) is 0.541. The molecule has 0 fully saturated rings. The van der Waals surface area contributed by atoms with Crippen molar-refractivity contribution in [1.82, 2.24) is 0 Å². The maximum absolute atomic E-state index is 12.7. The van der Waals surface area contributed by atoms with Crippen LogP contribution in [-0.2, 0) is 6.42 Å². The van der Waals surface area contributed by atoms with Gasteiger partial charge in [0.15, 0.2) is 5.78 Å². The summed E-state index contributed by atoms with van der Waals surface area (Å²) in [6.07, 6.45) is 0.990. The smallest absolute Gasteiger partial charge is 0.196 e. The van der Waals surface area contributed by atoms with Crippen LogP contribution >= 0.6 is 11.6 Å². The molecule has 1 aliphatic rings. The van der Waals surface area contributed by atoms with E-state index in [4.69, 9.17) is 21.1 Å². The van der Waals surface area contributed by atoms with Gasteiger partial charge in [0.2, 0.25) is 0 Å². The van der Waals surface area contributed by atoms with Crippen molar-refractivity contribution in [3.8, 4) is 11.5 Å². The third-order valence-corrected chi connectivity index (χ3v) is 3.80. The Bertz CT molecular complexity index is 709. The second-order valence-electron chi connectivity index (χ2n) is 5.13. The molecule has 3 rings (SSSR count).